The number of carbonyl (C=O) groups excluding carboxylic acids is 1. The van der Waals surface area contributed by atoms with Crippen LogP contribution >= 0.6 is 0 Å². The van der Waals surface area contributed by atoms with Crippen LogP contribution in [0.1, 0.15) is 17.3 Å². The van der Waals surface area contributed by atoms with Crippen molar-refractivity contribution >= 4 is 21.6 Å². The molecule has 3 rings (SSSR count). The monoisotopic (exact) mass is 389 g/mol. The third kappa shape index (κ3) is 4.40. The highest BCUT2D eigenvalue weighted by molar-refractivity contribution is 7.92. The maximum Gasteiger partial charge on any atom is 0.261 e. The molecule has 1 unspecified atom stereocenters. The highest BCUT2D eigenvalue weighted by atomic mass is 32.2. The molecule has 1 saturated heterocycles. The Bertz CT molecular complexity index is 913. The molecule has 2 aromatic rings. The lowest BCUT2D eigenvalue weighted by Gasteiger charge is -2.34. The summed E-state index contributed by atoms with van der Waals surface area (Å²) in [5, 5.41) is 3.23. The lowest BCUT2D eigenvalue weighted by atomic mass is 10.1. The Morgan fingerprint density at radius 2 is 1.96 bits per heavy atom. The first-order valence-corrected chi connectivity index (χ1v) is 10.2. The fourth-order valence-corrected chi connectivity index (χ4v) is 4.08. The molecular formula is C19H23N3O4S. The average molecular weight is 389 g/mol. The largest absolute Gasteiger partial charge is 0.497 e. The number of methoxy groups -OCH3 is 1. The summed E-state index contributed by atoms with van der Waals surface area (Å²) in [6.07, 6.45) is 0. The zero-order chi connectivity index (χ0) is 19.4. The van der Waals surface area contributed by atoms with Gasteiger partial charge in [-0.3, -0.25) is 9.52 Å². The first-order chi connectivity index (χ1) is 12.9. The summed E-state index contributed by atoms with van der Waals surface area (Å²) in [6.45, 7) is 4.02. The smallest absolute Gasteiger partial charge is 0.261 e. The van der Waals surface area contributed by atoms with Gasteiger partial charge < -0.3 is 15.0 Å². The normalized spacial score (nSPS) is 17.4. The summed E-state index contributed by atoms with van der Waals surface area (Å²) < 4.78 is 33.0. The highest BCUT2D eigenvalue weighted by Gasteiger charge is 2.25. The molecule has 1 fully saturated rings. The van der Waals surface area contributed by atoms with Crippen molar-refractivity contribution in [2.45, 2.75) is 17.9 Å². The number of hydrogen-bond acceptors (Lipinski definition) is 5. The molecule has 1 aliphatic rings. The van der Waals surface area contributed by atoms with Gasteiger partial charge in [-0.25, -0.2) is 8.42 Å². The Labute approximate surface area is 159 Å². The van der Waals surface area contributed by atoms with Crippen molar-refractivity contribution in [2.75, 3.05) is 31.5 Å². The summed E-state index contributed by atoms with van der Waals surface area (Å²) in [5.41, 5.74) is 0.782. The summed E-state index contributed by atoms with van der Waals surface area (Å²) in [5.74, 6) is 0.473. The number of sulfonamides is 1. The average Bonchev–Trinajstić information content (AvgIpc) is 2.68. The van der Waals surface area contributed by atoms with E-state index in [9.17, 15) is 13.2 Å². The molecule has 1 amide bonds. The number of benzene rings is 2. The van der Waals surface area contributed by atoms with Crippen LogP contribution in [0, 0.1) is 0 Å². The van der Waals surface area contributed by atoms with Crippen LogP contribution in [0.4, 0.5) is 5.69 Å². The first kappa shape index (κ1) is 19.2. The Morgan fingerprint density at radius 3 is 2.63 bits per heavy atom. The van der Waals surface area contributed by atoms with Gasteiger partial charge in [-0.15, -0.1) is 0 Å². The number of anilines is 1. The lowest BCUT2D eigenvalue weighted by Crippen LogP contribution is -2.52. The van der Waals surface area contributed by atoms with E-state index in [0.717, 1.165) is 13.1 Å². The minimum Gasteiger partial charge on any atom is -0.497 e. The van der Waals surface area contributed by atoms with Crippen molar-refractivity contribution in [3.63, 3.8) is 0 Å². The van der Waals surface area contributed by atoms with E-state index in [1.54, 1.807) is 48.4 Å². The summed E-state index contributed by atoms with van der Waals surface area (Å²) >= 11 is 0. The number of ether oxygens (including phenoxy) is 1. The van der Waals surface area contributed by atoms with Crippen molar-refractivity contribution in [2.24, 2.45) is 0 Å². The zero-order valence-corrected chi connectivity index (χ0v) is 16.1. The molecule has 1 atom stereocenters. The fraction of sp³-hybridized carbons (Fsp3) is 0.316. The summed E-state index contributed by atoms with van der Waals surface area (Å²) in [6, 6.07) is 12.8. The van der Waals surface area contributed by atoms with Crippen LogP contribution in [0.5, 0.6) is 5.75 Å². The number of piperazine rings is 1. The van der Waals surface area contributed by atoms with E-state index in [-0.39, 0.29) is 16.8 Å². The van der Waals surface area contributed by atoms with Crippen LogP contribution in [-0.4, -0.2) is 52.0 Å². The molecule has 0 saturated carbocycles. The molecule has 8 heteroatoms. The fourth-order valence-electron chi connectivity index (χ4n) is 2.98. The topological polar surface area (TPSA) is 87.7 Å². The Hall–Kier alpha value is -2.58. The second-order valence-corrected chi connectivity index (χ2v) is 8.10. The SMILES string of the molecule is COc1ccc(NS(=O)(=O)c2cccc(C(=O)N3CCNCC3C)c2)cc1. The molecule has 0 radical (unpaired) electrons. The van der Waals surface area contributed by atoms with Crippen LogP contribution in [0.2, 0.25) is 0 Å². The Morgan fingerprint density at radius 1 is 1.22 bits per heavy atom. The Kier molecular flexibility index (Phi) is 5.67. The maximum absolute atomic E-state index is 12.8. The molecule has 0 aliphatic carbocycles. The first-order valence-electron chi connectivity index (χ1n) is 8.69. The molecule has 0 spiro atoms. The quantitative estimate of drug-likeness (QED) is 0.816. The predicted octanol–water partition coefficient (Wildman–Crippen LogP) is 1.93. The van der Waals surface area contributed by atoms with Gasteiger partial charge in [0.15, 0.2) is 0 Å². The number of hydrogen-bond donors (Lipinski definition) is 2. The third-order valence-electron chi connectivity index (χ3n) is 4.50. The summed E-state index contributed by atoms with van der Waals surface area (Å²) in [7, 11) is -2.26. The van der Waals surface area contributed by atoms with E-state index in [1.807, 2.05) is 6.92 Å². The molecule has 0 aromatic heterocycles. The maximum atomic E-state index is 12.8. The number of rotatable bonds is 5. The van der Waals surface area contributed by atoms with Gasteiger partial charge in [0.2, 0.25) is 0 Å². The van der Waals surface area contributed by atoms with Crippen LogP contribution in [0.3, 0.4) is 0 Å². The molecule has 7 nitrogen and oxygen atoms in total. The van der Waals surface area contributed by atoms with E-state index in [2.05, 4.69) is 10.0 Å². The molecule has 144 valence electrons. The molecule has 27 heavy (non-hydrogen) atoms. The van der Waals surface area contributed by atoms with Crippen LogP contribution in [0.15, 0.2) is 53.4 Å². The van der Waals surface area contributed by atoms with Crippen LogP contribution in [0.25, 0.3) is 0 Å². The van der Waals surface area contributed by atoms with Gasteiger partial charge in [0.05, 0.1) is 12.0 Å². The van der Waals surface area contributed by atoms with Crippen molar-refractivity contribution in [3.05, 3.63) is 54.1 Å². The standard InChI is InChI=1S/C19H23N3O4S/c1-14-13-20-10-11-22(14)19(23)15-4-3-5-18(12-15)27(24,25)21-16-6-8-17(26-2)9-7-16/h3-9,12,14,20-21H,10-11,13H2,1-2H3. The van der Waals surface area contributed by atoms with E-state index in [0.29, 0.717) is 23.5 Å². The van der Waals surface area contributed by atoms with E-state index in [4.69, 9.17) is 4.74 Å². The van der Waals surface area contributed by atoms with E-state index < -0.39 is 10.0 Å². The number of amides is 1. The minimum atomic E-state index is -3.81. The van der Waals surface area contributed by atoms with Gasteiger partial charge in [0.1, 0.15) is 5.75 Å². The van der Waals surface area contributed by atoms with Gasteiger partial charge in [-0.2, -0.15) is 0 Å². The van der Waals surface area contributed by atoms with Gasteiger partial charge in [-0.1, -0.05) is 6.07 Å². The van der Waals surface area contributed by atoms with Gasteiger partial charge in [0.25, 0.3) is 15.9 Å². The van der Waals surface area contributed by atoms with Crippen molar-refractivity contribution in [1.82, 2.24) is 10.2 Å². The molecule has 2 aromatic carbocycles. The number of nitrogens with one attached hydrogen (secondary N) is 2. The van der Waals surface area contributed by atoms with Crippen molar-refractivity contribution in [3.8, 4) is 5.75 Å². The third-order valence-corrected chi connectivity index (χ3v) is 5.87. The minimum absolute atomic E-state index is 0.0481. The van der Waals surface area contributed by atoms with Crippen molar-refractivity contribution < 1.29 is 17.9 Å². The second kappa shape index (κ2) is 7.98. The molecular weight excluding hydrogens is 366 g/mol. The highest BCUT2D eigenvalue weighted by Crippen LogP contribution is 2.21. The van der Waals surface area contributed by atoms with Gasteiger partial charge >= 0.3 is 0 Å². The van der Waals surface area contributed by atoms with Gasteiger partial charge in [-0.05, 0) is 49.4 Å². The summed E-state index contributed by atoms with van der Waals surface area (Å²) in [4.78, 5) is 14.6. The van der Waals surface area contributed by atoms with Crippen LogP contribution in [-0.2, 0) is 10.0 Å². The lowest BCUT2D eigenvalue weighted by molar-refractivity contribution is 0.0655. The predicted molar refractivity (Wildman–Crippen MR) is 104 cm³/mol. The van der Waals surface area contributed by atoms with E-state index in [1.165, 1.54) is 12.1 Å². The number of carbonyl (C=O) groups is 1. The molecule has 1 aliphatic heterocycles. The Balaban J connectivity index is 1.81. The van der Waals surface area contributed by atoms with Gasteiger partial charge in [0, 0.05) is 36.9 Å². The number of nitrogens with zero attached hydrogens (tertiary/aromatic N) is 1. The molecule has 2 N–H and O–H groups in total. The second-order valence-electron chi connectivity index (χ2n) is 6.41. The van der Waals surface area contributed by atoms with E-state index >= 15 is 0 Å². The molecule has 1 heterocycles. The van der Waals surface area contributed by atoms with Crippen LogP contribution < -0.4 is 14.8 Å². The zero-order valence-electron chi connectivity index (χ0n) is 15.3. The molecule has 0 bridgehead atoms. The van der Waals surface area contributed by atoms with Crippen molar-refractivity contribution in [1.29, 1.82) is 0 Å².